The van der Waals surface area contributed by atoms with E-state index in [0.717, 1.165) is 19.1 Å². The van der Waals surface area contributed by atoms with Crippen LogP contribution in [0, 0.1) is 0 Å². The van der Waals surface area contributed by atoms with E-state index in [1.165, 1.54) is 0 Å². The van der Waals surface area contributed by atoms with Crippen LogP contribution in [-0.2, 0) is 4.43 Å². The van der Waals surface area contributed by atoms with Crippen molar-refractivity contribution in [3.63, 3.8) is 0 Å². The molecule has 0 saturated carbocycles. The topological polar surface area (TPSA) is 29.5 Å². The molecule has 1 unspecified atom stereocenters. The summed E-state index contributed by atoms with van der Waals surface area (Å²) in [6.45, 7) is 2.92. The van der Waals surface area contributed by atoms with E-state index < -0.39 is 17.1 Å². The summed E-state index contributed by atoms with van der Waals surface area (Å²) in [7, 11) is -2.14. The monoisotopic (exact) mass is 148 g/mol. The minimum absolute atomic E-state index is 0.469. The second-order valence-electron chi connectivity index (χ2n) is 2.65. The van der Waals surface area contributed by atoms with Crippen molar-refractivity contribution in [1.82, 2.24) is 0 Å². The van der Waals surface area contributed by atoms with Gasteiger partial charge >= 0.3 is 0 Å². The largest absolute Gasteiger partial charge is 0.432 e. The van der Waals surface area contributed by atoms with Crippen LogP contribution < -0.4 is 0 Å². The first-order chi connectivity index (χ1) is 3.71. The van der Waals surface area contributed by atoms with Gasteiger partial charge in [-0.2, -0.15) is 0 Å². The van der Waals surface area contributed by atoms with Crippen molar-refractivity contribution >= 4 is 17.1 Å². The molecule has 4 heteroatoms. The Morgan fingerprint density at radius 1 is 1.75 bits per heavy atom. The first-order valence-corrected chi connectivity index (χ1v) is 8.57. The van der Waals surface area contributed by atoms with Crippen LogP contribution in [0.5, 0.6) is 0 Å². The molecular weight excluding hydrogens is 136 g/mol. The third-order valence-corrected chi connectivity index (χ3v) is 7.50. The lowest BCUT2D eigenvalue weighted by Gasteiger charge is -2.23. The maximum atomic E-state index is 9.45. The zero-order valence-corrected chi connectivity index (χ0v) is 7.60. The van der Waals surface area contributed by atoms with Crippen LogP contribution in [0.15, 0.2) is 0 Å². The van der Waals surface area contributed by atoms with Crippen LogP contribution in [0.2, 0.25) is 12.6 Å². The lowest BCUT2D eigenvalue weighted by atomic mass is 10.5. The zero-order chi connectivity index (χ0) is 6.04. The molecule has 1 heterocycles. The van der Waals surface area contributed by atoms with E-state index in [2.05, 4.69) is 0 Å². The summed E-state index contributed by atoms with van der Waals surface area (Å²) in [6, 6.07) is 1.08. The fourth-order valence-corrected chi connectivity index (χ4v) is 5.69. The summed E-state index contributed by atoms with van der Waals surface area (Å²) in [5.74, 6) is 0. The van der Waals surface area contributed by atoms with E-state index in [-0.39, 0.29) is 0 Å². The minimum Gasteiger partial charge on any atom is -0.432 e. The van der Waals surface area contributed by atoms with Crippen LogP contribution in [0.1, 0.15) is 6.42 Å². The Morgan fingerprint density at radius 2 is 2.50 bits per heavy atom. The molecule has 1 rings (SSSR count). The van der Waals surface area contributed by atoms with Gasteiger partial charge in [-0.3, -0.25) is 0 Å². The van der Waals surface area contributed by atoms with Crippen LogP contribution >= 0.6 is 0 Å². The van der Waals surface area contributed by atoms with Crippen molar-refractivity contribution in [3.8, 4) is 0 Å². The van der Waals surface area contributed by atoms with Crippen LogP contribution in [0.25, 0.3) is 0 Å². The lowest BCUT2D eigenvalue weighted by molar-refractivity contribution is 0.322. The molecule has 1 aliphatic rings. The molecule has 0 spiro atoms. The Kier molecular flexibility index (Phi) is 1.86. The molecule has 1 atom stereocenters. The first-order valence-electron chi connectivity index (χ1n) is 3.01. The summed E-state index contributed by atoms with van der Waals surface area (Å²) in [6.07, 6.45) is 1.09. The Labute approximate surface area is 52.7 Å². The van der Waals surface area contributed by atoms with E-state index in [4.69, 9.17) is 4.43 Å². The Morgan fingerprint density at radius 3 is 2.75 bits per heavy atom. The summed E-state index contributed by atoms with van der Waals surface area (Å²) < 4.78 is 5.24. The predicted molar refractivity (Wildman–Crippen MR) is 37.8 cm³/mol. The molecule has 8 heavy (non-hydrogen) atoms. The Bertz CT molecular complexity index is 76.1. The molecule has 1 N–H and O–H groups in total. The predicted octanol–water partition coefficient (Wildman–Crippen LogP) is -0.445. The molecule has 1 saturated heterocycles. The van der Waals surface area contributed by atoms with Crippen LogP contribution in [-0.4, -0.2) is 28.5 Å². The normalized spacial score (nSPS) is 42.8. The lowest BCUT2D eigenvalue weighted by Crippen LogP contribution is -2.43. The molecule has 1 aliphatic heterocycles. The van der Waals surface area contributed by atoms with Gasteiger partial charge in [0.05, 0.1) is 0 Å². The molecule has 1 fully saturated rings. The van der Waals surface area contributed by atoms with Gasteiger partial charge in [0.15, 0.2) is 17.1 Å². The fraction of sp³-hybridized carbons (Fsp3) is 1.00. The van der Waals surface area contributed by atoms with E-state index in [1.807, 2.05) is 6.55 Å². The van der Waals surface area contributed by atoms with E-state index in [0.29, 0.717) is 0 Å². The number of hydrogen-bond donors (Lipinski definition) is 1. The highest BCUT2D eigenvalue weighted by Crippen LogP contribution is 2.11. The molecule has 0 bridgehead atoms. The quantitative estimate of drug-likeness (QED) is 0.472. The maximum absolute atomic E-state index is 9.45. The van der Waals surface area contributed by atoms with Crippen molar-refractivity contribution in [2.45, 2.75) is 19.0 Å². The van der Waals surface area contributed by atoms with Gasteiger partial charge in [0.2, 0.25) is 0 Å². The maximum Gasteiger partial charge on any atom is 0.196 e. The van der Waals surface area contributed by atoms with Crippen molar-refractivity contribution in [2.24, 2.45) is 0 Å². The first kappa shape index (κ1) is 6.47. The van der Waals surface area contributed by atoms with Gasteiger partial charge in [-0.15, -0.1) is 0 Å². The Hall–Kier alpha value is 0.354. The zero-order valence-electron chi connectivity index (χ0n) is 5.18. The SMILES string of the molecule is C[Si]1(O)CCCO[SiH2]1. The molecule has 48 valence electrons. The molecule has 0 aromatic rings. The van der Waals surface area contributed by atoms with Gasteiger partial charge in [0.25, 0.3) is 0 Å². The van der Waals surface area contributed by atoms with Gasteiger partial charge in [-0.25, -0.2) is 0 Å². The van der Waals surface area contributed by atoms with E-state index >= 15 is 0 Å². The van der Waals surface area contributed by atoms with Crippen molar-refractivity contribution < 1.29 is 9.22 Å². The smallest absolute Gasteiger partial charge is 0.196 e. The fourth-order valence-electron chi connectivity index (χ4n) is 0.919. The Balaban J connectivity index is 2.33. The molecule has 0 aromatic carbocycles. The standard InChI is InChI=1S/C4H12O2Si2/c1-8(5)4-2-3-6-7-8/h5H,2-4,7H2,1H3. The van der Waals surface area contributed by atoms with Gasteiger partial charge in [-0.1, -0.05) is 0 Å². The molecular formula is C4H12O2Si2. The van der Waals surface area contributed by atoms with Crippen molar-refractivity contribution in [3.05, 3.63) is 0 Å². The highest BCUT2D eigenvalue weighted by atomic mass is 29.2. The van der Waals surface area contributed by atoms with Gasteiger partial charge in [-0.05, 0) is 19.0 Å². The number of hydrogen-bond acceptors (Lipinski definition) is 2. The second kappa shape index (κ2) is 2.30. The summed E-state index contributed by atoms with van der Waals surface area (Å²) in [5.41, 5.74) is 0. The third-order valence-electron chi connectivity index (χ3n) is 1.42. The highest BCUT2D eigenvalue weighted by molar-refractivity contribution is 7.17. The summed E-state index contributed by atoms with van der Waals surface area (Å²) >= 11 is 0. The molecule has 0 amide bonds. The summed E-state index contributed by atoms with van der Waals surface area (Å²) in [4.78, 5) is 9.45. The van der Waals surface area contributed by atoms with Crippen molar-refractivity contribution in [1.29, 1.82) is 0 Å². The second-order valence-corrected chi connectivity index (χ2v) is 12.3. The average molecular weight is 148 g/mol. The highest BCUT2D eigenvalue weighted by Gasteiger charge is 2.28. The average Bonchev–Trinajstić information content (AvgIpc) is 1.65. The van der Waals surface area contributed by atoms with Gasteiger partial charge in [0.1, 0.15) is 0 Å². The molecule has 0 aliphatic carbocycles. The van der Waals surface area contributed by atoms with Crippen molar-refractivity contribution in [2.75, 3.05) is 6.61 Å². The molecule has 2 nitrogen and oxygen atoms in total. The third kappa shape index (κ3) is 1.70. The van der Waals surface area contributed by atoms with Crippen LogP contribution in [0.3, 0.4) is 0 Å². The van der Waals surface area contributed by atoms with Gasteiger partial charge in [0, 0.05) is 6.61 Å². The van der Waals surface area contributed by atoms with E-state index in [9.17, 15) is 4.80 Å². The minimum atomic E-state index is -1.67. The molecule has 0 radical (unpaired) electrons. The summed E-state index contributed by atoms with van der Waals surface area (Å²) in [5, 5.41) is 0. The van der Waals surface area contributed by atoms with Crippen LogP contribution in [0.4, 0.5) is 0 Å². The molecule has 0 aromatic heterocycles. The van der Waals surface area contributed by atoms with E-state index in [1.54, 1.807) is 0 Å². The van der Waals surface area contributed by atoms with Gasteiger partial charge < -0.3 is 9.22 Å². The number of rotatable bonds is 0.